The van der Waals surface area contributed by atoms with Gasteiger partial charge in [-0.15, -0.1) is 0 Å². The maximum absolute atomic E-state index is 13.4. The van der Waals surface area contributed by atoms with Gasteiger partial charge in [-0.25, -0.2) is 9.97 Å². The summed E-state index contributed by atoms with van der Waals surface area (Å²) in [6.07, 6.45) is 1.38. The fourth-order valence-electron chi connectivity index (χ4n) is 3.93. The molecule has 3 heterocycles. The largest absolute Gasteiger partial charge is 0.474 e. The Morgan fingerprint density at radius 1 is 1.32 bits per heavy atom. The number of ether oxygens (including phenoxy) is 2. The highest BCUT2D eigenvalue weighted by molar-refractivity contribution is 7.17. The van der Waals surface area contributed by atoms with Crippen LogP contribution in [0, 0.1) is 0 Å². The molecule has 2 aromatic heterocycles. The van der Waals surface area contributed by atoms with Crippen LogP contribution in [-0.4, -0.2) is 82.2 Å². The highest BCUT2D eigenvalue weighted by Crippen LogP contribution is 2.28. The van der Waals surface area contributed by atoms with Crippen LogP contribution in [0.1, 0.15) is 5.56 Å². The first-order valence-electron chi connectivity index (χ1n) is 10.5. The molecule has 3 N–H and O–H groups in total. The van der Waals surface area contributed by atoms with Gasteiger partial charge in [0, 0.05) is 25.6 Å². The number of amides is 2. The summed E-state index contributed by atoms with van der Waals surface area (Å²) in [5, 5.41) is 11.3. The van der Waals surface area contributed by atoms with Crippen molar-refractivity contribution in [3.63, 3.8) is 0 Å². The van der Waals surface area contributed by atoms with E-state index in [0.29, 0.717) is 20.7 Å². The number of carbonyl (C=O) groups is 2. The third-order valence-electron chi connectivity index (χ3n) is 5.62. The number of rotatable bonds is 8. The molecule has 0 aliphatic carbocycles. The minimum Gasteiger partial charge on any atom is -0.474 e. The summed E-state index contributed by atoms with van der Waals surface area (Å²) in [4.78, 5) is 37.6. The van der Waals surface area contributed by atoms with E-state index in [1.165, 1.54) is 29.7 Å². The van der Waals surface area contributed by atoms with Crippen LogP contribution in [0.4, 0.5) is 5.82 Å². The van der Waals surface area contributed by atoms with Crippen LogP contribution in [-0.2, 0) is 20.9 Å². The van der Waals surface area contributed by atoms with Crippen LogP contribution < -0.4 is 10.5 Å². The van der Waals surface area contributed by atoms with Crippen molar-refractivity contribution >= 4 is 51.5 Å². The monoisotopic (exact) mass is 505 g/mol. The lowest BCUT2D eigenvalue weighted by Gasteiger charge is -2.45. The molecule has 3 aromatic rings. The maximum atomic E-state index is 13.4. The van der Waals surface area contributed by atoms with E-state index in [9.17, 15) is 14.7 Å². The van der Waals surface area contributed by atoms with Crippen molar-refractivity contribution < 1.29 is 24.2 Å². The third-order valence-corrected chi connectivity index (χ3v) is 6.76. The zero-order chi connectivity index (χ0) is 24.2. The highest BCUT2D eigenvalue weighted by atomic mass is 35.5. The molecular weight excluding hydrogens is 482 g/mol. The van der Waals surface area contributed by atoms with Gasteiger partial charge in [0.05, 0.1) is 29.1 Å². The van der Waals surface area contributed by atoms with Crippen molar-refractivity contribution in [3.8, 4) is 5.06 Å². The van der Waals surface area contributed by atoms with Gasteiger partial charge >= 0.3 is 0 Å². The van der Waals surface area contributed by atoms with E-state index in [1.807, 2.05) is 12.1 Å². The number of hydrogen-bond donors (Lipinski definition) is 2. The average Bonchev–Trinajstić information content (AvgIpc) is 3.25. The second kappa shape index (κ2) is 10.5. The Labute approximate surface area is 204 Å². The minimum atomic E-state index is -0.839. The number of hydrogen-bond acceptors (Lipinski definition) is 9. The van der Waals surface area contributed by atoms with E-state index >= 15 is 0 Å². The van der Waals surface area contributed by atoms with Crippen LogP contribution in [0.3, 0.4) is 0 Å². The van der Waals surface area contributed by atoms with Crippen molar-refractivity contribution in [2.45, 2.75) is 18.6 Å². The summed E-state index contributed by atoms with van der Waals surface area (Å²) in [7, 11) is 1.47. The molecule has 0 saturated carbocycles. The predicted octanol–water partition coefficient (Wildman–Crippen LogP) is 1.55. The molecular formula is C22H24ClN5O5S. The number of fused-ring (bicyclic) bond motifs is 1. The van der Waals surface area contributed by atoms with Gasteiger partial charge in [-0.05, 0) is 29.8 Å². The van der Waals surface area contributed by atoms with Crippen LogP contribution >= 0.6 is 22.9 Å². The van der Waals surface area contributed by atoms with Crippen molar-refractivity contribution in [2.24, 2.45) is 0 Å². The van der Waals surface area contributed by atoms with Crippen LogP contribution in [0.25, 0.3) is 10.9 Å². The van der Waals surface area contributed by atoms with Crippen molar-refractivity contribution in [3.05, 3.63) is 46.6 Å². The van der Waals surface area contributed by atoms with E-state index in [-0.39, 0.29) is 44.7 Å². The highest BCUT2D eigenvalue weighted by Gasteiger charge is 2.42. The molecule has 1 saturated heterocycles. The number of carbonyl (C=O) groups excluding carboxylic acids is 2. The van der Waals surface area contributed by atoms with Gasteiger partial charge in [-0.1, -0.05) is 29.0 Å². The standard InChI is InChI=1S/C22H24ClN5O5S/c1-32-10-17-22(31)27(7-13-2-3-15-16(6-13)25-12-26-21(15)24)14(9-29)8-28(17)19(30)11-33-20-5-4-18(23)34-20/h2-6,12,14,17,29H,7-11H2,1H3,(H2,24,25,26). The molecule has 1 aliphatic heterocycles. The first-order valence-corrected chi connectivity index (χ1v) is 11.7. The Balaban J connectivity index is 1.52. The Morgan fingerprint density at radius 3 is 2.85 bits per heavy atom. The van der Waals surface area contributed by atoms with E-state index in [4.69, 9.17) is 26.8 Å². The molecule has 1 aromatic carbocycles. The lowest BCUT2D eigenvalue weighted by Crippen LogP contribution is -2.65. The summed E-state index contributed by atoms with van der Waals surface area (Å²) >= 11 is 7.12. The molecule has 1 aliphatic rings. The summed E-state index contributed by atoms with van der Waals surface area (Å²) in [5.41, 5.74) is 7.37. The summed E-state index contributed by atoms with van der Waals surface area (Å²) in [5.74, 6) is -0.321. The lowest BCUT2D eigenvalue weighted by atomic mass is 10.0. The zero-order valence-electron chi connectivity index (χ0n) is 18.4. The topological polar surface area (TPSA) is 131 Å². The second-order valence-corrected chi connectivity index (χ2v) is 9.46. The number of aliphatic hydroxyl groups excluding tert-OH is 1. The SMILES string of the molecule is COCC1C(=O)N(Cc2ccc3c(N)ncnc3c2)C(CO)CN1C(=O)COc1ccc(Cl)s1. The number of aliphatic hydroxyl groups is 1. The molecule has 2 amide bonds. The van der Waals surface area contributed by atoms with Gasteiger partial charge in [-0.3, -0.25) is 9.59 Å². The first kappa shape index (κ1) is 24.1. The average molecular weight is 506 g/mol. The van der Waals surface area contributed by atoms with Crippen molar-refractivity contribution in [2.75, 3.05) is 39.2 Å². The molecule has 10 nitrogen and oxygen atoms in total. The quantitative estimate of drug-likeness (QED) is 0.471. The number of halogens is 1. The van der Waals surface area contributed by atoms with E-state index < -0.39 is 12.1 Å². The predicted molar refractivity (Wildman–Crippen MR) is 128 cm³/mol. The van der Waals surface area contributed by atoms with E-state index in [2.05, 4.69) is 9.97 Å². The number of aromatic nitrogens is 2. The van der Waals surface area contributed by atoms with Crippen molar-refractivity contribution in [1.82, 2.24) is 19.8 Å². The third kappa shape index (κ3) is 5.07. The normalized spacial score (nSPS) is 18.5. The summed E-state index contributed by atoms with van der Waals surface area (Å²) < 4.78 is 11.3. The molecule has 180 valence electrons. The number of piperazine rings is 1. The molecule has 1 fully saturated rings. The first-order chi connectivity index (χ1) is 16.4. The van der Waals surface area contributed by atoms with E-state index in [0.717, 1.165) is 10.9 Å². The van der Waals surface area contributed by atoms with Crippen LogP contribution in [0.5, 0.6) is 5.06 Å². The van der Waals surface area contributed by atoms with Crippen molar-refractivity contribution in [1.29, 1.82) is 0 Å². The number of nitrogen functional groups attached to an aromatic ring is 1. The second-order valence-electron chi connectivity index (χ2n) is 7.78. The minimum absolute atomic E-state index is 0.0194. The molecule has 0 spiro atoms. The van der Waals surface area contributed by atoms with Gasteiger partial charge in [0.15, 0.2) is 11.7 Å². The van der Waals surface area contributed by atoms with Crippen LogP contribution in [0.15, 0.2) is 36.7 Å². The number of thiophene rings is 1. The van der Waals surface area contributed by atoms with Gasteiger partial charge in [0.25, 0.3) is 5.91 Å². The Bertz CT molecular complexity index is 1190. The molecule has 4 rings (SSSR count). The smallest absolute Gasteiger partial charge is 0.261 e. The number of benzene rings is 1. The fourth-order valence-corrected chi connectivity index (χ4v) is 4.80. The van der Waals surface area contributed by atoms with Gasteiger partial charge in [0.2, 0.25) is 5.91 Å². The van der Waals surface area contributed by atoms with Crippen LogP contribution in [0.2, 0.25) is 4.34 Å². The molecule has 34 heavy (non-hydrogen) atoms. The lowest BCUT2D eigenvalue weighted by molar-refractivity contribution is -0.160. The summed E-state index contributed by atoms with van der Waals surface area (Å²) in [6, 6.07) is 7.40. The zero-order valence-corrected chi connectivity index (χ0v) is 20.0. The maximum Gasteiger partial charge on any atom is 0.261 e. The number of nitrogens with two attached hydrogens (primary N) is 1. The number of methoxy groups -OCH3 is 1. The van der Waals surface area contributed by atoms with Gasteiger partial charge < -0.3 is 30.1 Å². The van der Waals surface area contributed by atoms with Gasteiger partial charge in [0.1, 0.15) is 18.2 Å². The Morgan fingerprint density at radius 2 is 2.15 bits per heavy atom. The van der Waals surface area contributed by atoms with Gasteiger partial charge in [-0.2, -0.15) is 0 Å². The Hall–Kier alpha value is -2.99. The molecule has 2 atom stereocenters. The fraction of sp³-hybridized carbons (Fsp3) is 0.364. The Kier molecular flexibility index (Phi) is 7.47. The molecule has 2 unspecified atom stereocenters. The van der Waals surface area contributed by atoms with E-state index in [1.54, 1.807) is 23.1 Å². The molecule has 12 heteroatoms. The summed E-state index contributed by atoms with van der Waals surface area (Å²) in [6.45, 7) is -0.165. The number of anilines is 1. The number of nitrogens with zero attached hydrogens (tertiary/aromatic N) is 4. The molecule has 0 bridgehead atoms. The molecule has 0 radical (unpaired) electrons.